The summed E-state index contributed by atoms with van der Waals surface area (Å²) in [5.74, 6) is 0.919. The highest BCUT2D eigenvalue weighted by Gasteiger charge is 2.08. The van der Waals surface area contributed by atoms with Gasteiger partial charge in [-0.15, -0.1) is 35.3 Å². The van der Waals surface area contributed by atoms with Crippen LogP contribution in [-0.4, -0.2) is 36.5 Å². The molecule has 0 aliphatic carbocycles. The Balaban J connectivity index is 0.00000264. The lowest BCUT2D eigenvalue weighted by atomic mass is 10.2. The van der Waals surface area contributed by atoms with Crippen LogP contribution in [0, 0.1) is 13.8 Å². The van der Waals surface area contributed by atoms with E-state index in [0.717, 1.165) is 36.2 Å². The Hall–Kier alpha value is -1.15. The van der Waals surface area contributed by atoms with Crippen molar-refractivity contribution in [2.45, 2.75) is 26.8 Å². The molecule has 0 saturated carbocycles. The van der Waals surface area contributed by atoms with E-state index in [-0.39, 0.29) is 24.0 Å². The maximum atomic E-state index is 4.47. The molecule has 2 aromatic rings. The number of aromatic nitrogens is 1. The zero-order valence-corrected chi connectivity index (χ0v) is 17.3. The first-order valence-corrected chi connectivity index (χ1v) is 8.30. The zero-order chi connectivity index (χ0) is 15.9. The van der Waals surface area contributed by atoms with Crippen LogP contribution in [0.2, 0.25) is 0 Å². The quantitative estimate of drug-likeness (QED) is 0.435. The number of nitrogens with one attached hydrogen (secondary N) is 1. The highest BCUT2D eigenvalue weighted by molar-refractivity contribution is 14.0. The van der Waals surface area contributed by atoms with E-state index in [1.165, 1.54) is 10.4 Å². The van der Waals surface area contributed by atoms with E-state index in [1.807, 2.05) is 13.1 Å². The molecule has 0 aliphatic heterocycles. The lowest BCUT2D eigenvalue weighted by molar-refractivity contribution is 0.477. The molecule has 0 saturated heterocycles. The first-order valence-electron chi connectivity index (χ1n) is 7.48. The SMILES string of the molecule is CN=C(NCCc1sc(C)nc1C)N(C)Cc1ccccc1.I. The Bertz CT molecular complexity index is 625. The number of guanidine groups is 1. The average molecular weight is 444 g/mol. The van der Waals surface area contributed by atoms with Gasteiger partial charge < -0.3 is 10.2 Å². The van der Waals surface area contributed by atoms with Gasteiger partial charge in [-0.05, 0) is 19.4 Å². The third-order valence-corrected chi connectivity index (χ3v) is 4.60. The van der Waals surface area contributed by atoms with Gasteiger partial charge in [0.25, 0.3) is 0 Å². The normalized spacial score (nSPS) is 11.0. The summed E-state index contributed by atoms with van der Waals surface area (Å²) >= 11 is 1.78. The fourth-order valence-electron chi connectivity index (χ4n) is 2.41. The molecule has 6 heteroatoms. The van der Waals surface area contributed by atoms with Gasteiger partial charge in [-0.2, -0.15) is 0 Å². The number of nitrogens with zero attached hydrogens (tertiary/aromatic N) is 3. The van der Waals surface area contributed by atoms with Gasteiger partial charge in [0.15, 0.2) is 5.96 Å². The lowest BCUT2D eigenvalue weighted by Gasteiger charge is -2.22. The van der Waals surface area contributed by atoms with Crippen molar-refractivity contribution in [3.8, 4) is 0 Å². The van der Waals surface area contributed by atoms with Crippen LogP contribution in [0.1, 0.15) is 21.1 Å². The predicted molar refractivity (Wildman–Crippen MR) is 110 cm³/mol. The molecule has 0 bridgehead atoms. The van der Waals surface area contributed by atoms with Crippen LogP contribution in [0.25, 0.3) is 0 Å². The van der Waals surface area contributed by atoms with E-state index in [4.69, 9.17) is 0 Å². The lowest BCUT2D eigenvalue weighted by Crippen LogP contribution is -2.39. The van der Waals surface area contributed by atoms with E-state index >= 15 is 0 Å². The van der Waals surface area contributed by atoms with Crippen LogP contribution in [0.4, 0.5) is 0 Å². The topological polar surface area (TPSA) is 40.5 Å². The van der Waals surface area contributed by atoms with Gasteiger partial charge in [0.05, 0.1) is 10.7 Å². The third-order valence-electron chi connectivity index (χ3n) is 3.47. The summed E-state index contributed by atoms with van der Waals surface area (Å²) in [6.07, 6.45) is 0.982. The molecule has 2 rings (SSSR count). The van der Waals surface area contributed by atoms with E-state index < -0.39 is 0 Å². The molecule has 0 fully saturated rings. The van der Waals surface area contributed by atoms with Crippen molar-refractivity contribution in [1.82, 2.24) is 15.2 Å². The average Bonchev–Trinajstić information content (AvgIpc) is 2.82. The summed E-state index contributed by atoms with van der Waals surface area (Å²) in [6.45, 7) is 5.85. The Morgan fingerprint density at radius 2 is 1.96 bits per heavy atom. The molecule has 0 amide bonds. The van der Waals surface area contributed by atoms with E-state index in [0.29, 0.717) is 0 Å². The van der Waals surface area contributed by atoms with Crippen LogP contribution < -0.4 is 5.32 Å². The minimum atomic E-state index is 0. The first-order chi connectivity index (χ1) is 10.6. The van der Waals surface area contributed by atoms with Crippen molar-refractivity contribution in [3.63, 3.8) is 0 Å². The number of thiazole rings is 1. The van der Waals surface area contributed by atoms with Gasteiger partial charge in [0.2, 0.25) is 0 Å². The smallest absolute Gasteiger partial charge is 0.193 e. The second-order valence-corrected chi connectivity index (χ2v) is 6.59. The number of aryl methyl sites for hydroxylation is 2. The van der Waals surface area contributed by atoms with Gasteiger partial charge >= 0.3 is 0 Å². The summed E-state index contributed by atoms with van der Waals surface area (Å²) in [4.78, 5) is 12.3. The molecule has 1 aromatic heterocycles. The van der Waals surface area contributed by atoms with E-state index in [1.54, 1.807) is 11.3 Å². The first kappa shape index (κ1) is 19.9. The molecular weight excluding hydrogens is 419 g/mol. The van der Waals surface area contributed by atoms with E-state index in [9.17, 15) is 0 Å². The number of benzene rings is 1. The van der Waals surface area contributed by atoms with Crippen LogP contribution in [-0.2, 0) is 13.0 Å². The molecular formula is C17H25IN4S. The number of rotatable bonds is 5. The van der Waals surface area contributed by atoms with Crippen molar-refractivity contribution < 1.29 is 0 Å². The Labute approximate surface area is 160 Å². The number of halogens is 1. The van der Waals surface area contributed by atoms with Gasteiger partial charge in [0.1, 0.15) is 0 Å². The fourth-order valence-corrected chi connectivity index (χ4v) is 3.35. The highest BCUT2D eigenvalue weighted by atomic mass is 127. The second-order valence-electron chi connectivity index (χ2n) is 5.31. The zero-order valence-electron chi connectivity index (χ0n) is 14.2. The van der Waals surface area contributed by atoms with Crippen molar-refractivity contribution in [2.75, 3.05) is 20.6 Å². The standard InChI is InChI=1S/C17H24N4S.HI/c1-13-16(22-14(2)20-13)10-11-19-17(18-3)21(4)12-15-8-6-5-7-9-15;/h5-9H,10-12H2,1-4H3,(H,18,19);1H. The number of hydrogen-bond acceptors (Lipinski definition) is 3. The molecule has 1 heterocycles. The minimum Gasteiger partial charge on any atom is -0.356 e. The minimum absolute atomic E-state index is 0. The summed E-state index contributed by atoms with van der Waals surface area (Å²) in [6, 6.07) is 10.4. The van der Waals surface area contributed by atoms with Crippen molar-refractivity contribution in [3.05, 3.63) is 51.5 Å². The second kappa shape index (κ2) is 9.87. The maximum Gasteiger partial charge on any atom is 0.193 e. The molecule has 0 radical (unpaired) electrons. The number of hydrogen-bond donors (Lipinski definition) is 1. The van der Waals surface area contributed by atoms with Crippen LogP contribution in [0.3, 0.4) is 0 Å². The van der Waals surface area contributed by atoms with Crippen molar-refractivity contribution in [2.24, 2.45) is 4.99 Å². The van der Waals surface area contributed by atoms with Crippen molar-refractivity contribution in [1.29, 1.82) is 0 Å². The monoisotopic (exact) mass is 444 g/mol. The van der Waals surface area contributed by atoms with Crippen LogP contribution >= 0.6 is 35.3 Å². The highest BCUT2D eigenvalue weighted by Crippen LogP contribution is 2.17. The molecule has 0 spiro atoms. The fraction of sp³-hybridized carbons (Fsp3) is 0.412. The maximum absolute atomic E-state index is 4.47. The molecule has 0 unspecified atom stereocenters. The third kappa shape index (κ3) is 6.10. The summed E-state index contributed by atoms with van der Waals surface area (Å²) < 4.78 is 0. The Morgan fingerprint density at radius 1 is 1.26 bits per heavy atom. The molecule has 126 valence electrons. The Kier molecular flexibility index (Phi) is 8.54. The predicted octanol–water partition coefficient (Wildman–Crippen LogP) is 3.63. The molecule has 4 nitrogen and oxygen atoms in total. The molecule has 0 aliphatic rings. The van der Waals surface area contributed by atoms with Crippen LogP contribution in [0.15, 0.2) is 35.3 Å². The largest absolute Gasteiger partial charge is 0.356 e. The molecule has 1 N–H and O–H groups in total. The molecule has 0 atom stereocenters. The number of aliphatic imine (C=N–C) groups is 1. The summed E-state index contributed by atoms with van der Waals surface area (Å²) in [5.41, 5.74) is 2.43. The summed E-state index contributed by atoms with van der Waals surface area (Å²) in [7, 11) is 3.89. The van der Waals surface area contributed by atoms with Gasteiger partial charge in [-0.1, -0.05) is 30.3 Å². The van der Waals surface area contributed by atoms with Gasteiger partial charge in [0, 0.05) is 38.5 Å². The van der Waals surface area contributed by atoms with Crippen LogP contribution in [0.5, 0.6) is 0 Å². The van der Waals surface area contributed by atoms with Gasteiger partial charge in [-0.3, -0.25) is 4.99 Å². The Morgan fingerprint density at radius 3 is 2.52 bits per heavy atom. The van der Waals surface area contributed by atoms with Gasteiger partial charge in [-0.25, -0.2) is 4.98 Å². The molecule has 23 heavy (non-hydrogen) atoms. The molecule has 1 aromatic carbocycles. The van der Waals surface area contributed by atoms with Crippen molar-refractivity contribution >= 4 is 41.3 Å². The van der Waals surface area contributed by atoms with E-state index in [2.05, 4.69) is 65.4 Å². The summed E-state index contributed by atoms with van der Waals surface area (Å²) in [5, 5.41) is 4.57.